The van der Waals surface area contributed by atoms with Gasteiger partial charge in [-0.25, -0.2) is 0 Å². The zero-order valence-corrected chi connectivity index (χ0v) is 12.9. The number of nitrogens with zero attached hydrogens (tertiary/aromatic N) is 3. The van der Waals surface area contributed by atoms with Gasteiger partial charge in [0.15, 0.2) is 0 Å². The van der Waals surface area contributed by atoms with Gasteiger partial charge in [0.2, 0.25) is 0 Å². The molecule has 0 aliphatic rings. The maximum atomic E-state index is 4.62. The van der Waals surface area contributed by atoms with Gasteiger partial charge >= 0.3 is 0 Å². The summed E-state index contributed by atoms with van der Waals surface area (Å²) in [5.74, 6) is 0. The van der Waals surface area contributed by atoms with Crippen LogP contribution in [0, 0.1) is 0 Å². The number of pyridine rings is 3. The van der Waals surface area contributed by atoms with Crippen molar-refractivity contribution in [1.82, 2.24) is 15.0 Å². The van der Waals surface area contributed by atoms with Crippen LogP contribution in [0.15, 0.2) is 67.1 Å². The zero-order chi connectivity index (χ0) is 15.2. The molecule has 0 atom stereocenters. The summed E-state index contributed by atoms with van der Waals surface area (Å²) in [5.41, 5.74) is 2.68. The summed E-state index contributed by atoms with van der Waals surface area (Å²) in [4.78, 5) is 13.6. The van der Waals surface area contributed by atoms with Crippen LogP contribution in [0.2, 0.25) is 0 Å². The lowest BCUT2D eigenvalue weighted by Crippen LogP contribution is -1.88. The van der Waals surface area contributed by atoms with E-state index < -0.39 is 0 Å². The van der Waals surface area contributed by atoms with Crippen LogP contribution in [0.1, 0.15) is 0 Å². The van der Waals surface area contributed by atoms with Gasteiger partial charge in [0.05, 0.1) is 16.9 Å². The molecule has 3 nitrogen and oxygen atoms in total. The molecule has 0 bridgehead atoms. The van der Waals surface area contributed by atoms with Gasteiger partial charge in [-0.2, -0.15) is 0 Å². The summed E-state index contributed by atoms with van der Waals surface area (Å²) >= 11 is 1.79. The first-order chi connectivity index (χ1) is 11.4. The van der Waals surface area contributed by atoms with E-state index in [-0.39, 0.29) is 0 Å². The van der Waals surface area contributed by atoms with Crippen molar-refractivity contribution in [3.63, 3.8) is 0 Å². The molecule has 0 spiro atoms. The maximum absolute atomic E-state index is 4.62. The van der Waals surface area contributed by atoms with E-state index in [1.165, 1.54) is 20.2 Å². The molecule has 0 N–H and O–H groups in total. The van der Waals surface area contributed by atoms with Crippen molar-refractivity contribution in [2.75, 3.05) is 0 Å². The summed E-state index contributed by atoms with van der Waals surface area (Å²) < 4.78 is 2.52. The Morgan fingerprint density at radius 1 is 0.696 bits per heavy atom. The molecule has 5 rings (SSSR count). The lowest BCUT2D eigenvalue weighted by Gasteiger charge is -2.02. The van der Waals surface area contributed by atoms with Crippen molar-refractivity contribution < 1.29 is 0 Å². The fourth-order valence-corrected chi connectivity index (χ4v) is 3.98. The average Bonchev–Trinajstić information content (AvgIpc) is 2.99. The summed E-state index contributed by atoms with van der Waals surface area (Å²) in [7, 11) is 0. The van der Waals surface area contributed by atoms with Crippen molar-refractivity contribution in [1.29, 1.82) is 0 Å². The number of hydrogen-bond acceptors (Lipinski definition) is 4. The molecule has 0 aliphatic heterocycles. The summed E-state index contributed by atoms with van der Waals surface area (Å²) in [6.07, 6.45) is 5.61. The van der Waals surface area contributed by atoms with Crippen molar-refractivity contribution >= 4 is 42.4 Å². The second-order valence-electron chi connectivity index (χ2n) is 5.43. The fraction of sp³-hybridized carbons (Fsp3) is 0. The standard InChI is InChI=1S/C19H11N3S/c1-2-6-18-13(5-1)14-11-22-17(9-19(14)23-18)16-8-15-12(10-21-16)4-3-7-20-15/h1-11H. The molecule has 0 saturated carbocycles. The molecule has 1 aromatic carbocycles. The van der Waals surface area contributed by atoms with Crippen molar-refractivity contribution in [3.05, 3.63) is 67.1 Å². The first-order valence-electron chi connectivity index (χ1n) is 7.37. The molecule has 108 valence electrons. The number of aromatic nitrogens is 3. The van der Waals surface area contributed by atoms with Crippen LogP contribution in [0.25, 0.3) is 42.5 Å². The van der Waals surface area contributed by atoms with E-state index >= 15 is 0 Å². The highest BCUT2D eigenvalue weighted by molar-refractivity contribution is 7.25. The van der Waals surface area contributed by atoms with Gasteiger partial charge in [-0.05, 0) is 30.3 Å². The second-order valence-corrected chi connectivity index (χ2v) is 6.51. The third-order valence-corrected chi connectivity index (χ3v) is 5.15. The van der Waals surface area contributed by atoms with Crippen LogP contribution in [0.3, 0.4) is 0 Å². The summed E-state index contributed by atoms with van der Waals surface area (Å²) in [6.45, 7) is 0. The Morgan fingerprint density at radius 2 is 1.57 bits per heavy atom. The van der Waals surface area contributed by atoms with Crippen molar-refractivity contribution in [2.24, 2.45) is 0 Å². The Labute approximate surface area is 136 Å². The Kier molecular flexibility index (Phi) is 2.66. The first-order valence-corrected chi connectivity index (χ1v) is 8.18. The molecular formula is C19H11N3S. The maximum Gasteiger partial charge on any atom is 0.0908 e. The molecule has 0 fully saturated rings. The quantitative estimate of drug-likeness (QED) is 0.434. The van der Waals surface area contributed by atoms with Gasteiger partial charge in [0.25, 0.3) is 0 Å². The van der Waals surface area contributed by atoms with Gasteiger partial charge in [0, 0.05) is 44.1 Å². The van der Waals surface area contributed by atoms with Gasteiger partial charge in [0.1, 0.15) is 0 Å². The third-order valence-electron chi connectivity index (χ3n) is 4.01. The predicted molar refractivity (Wildman–Crippen MR) is 95.7 cm³/mol. The largest absolute Gasteiger partial charge is 0.256 e. The monoisotopic (exact) mass is 313 g/mol. The van der Waals surface area contributed by atoms with E-state index in [1.54, 1.807) is 17.5 Å². The zero-order valence-electron chi connectivity index (χ0n) is 12.1. The number of hydrogen-bond donors (Lipinski definition) is 0. The van der Waals surface area contributed by atoms with E-state index in [0.717, 1.165) is 22.3 Å². The van der Waals surface area contributed by atoms with Crippen LogP contribution in [0.4, 0.5) is 0 Å². The minimum Gasteiger partial charge on any atom is -0.256 e. The van der Waals surface area contributed by atoms with E-state index in [2.05, 4.69) is 45.3 Å². The molecular weight excluding hydrogens is 302 g/mol. The van der Waals surface area contributed by atoms with Gasteiger partial charge in [-0.15, -0.1) is 11.3 Å². The Hall–Kier alpha value is -2.85. The predicted octanol–water partition coefficient (Wildman–Crippen LogP) is 5.06. The molecule has 0 saturated heterocycles. The Morgan fingerprint density at radius 3 is 2.57 bits per heavy atom. The van der Waals surface area contributed by atoms with Crippen LogP contribution in [-0.4, -0.2) is 15.0 Å². The van der Waals surface area contributed by atoms with E-state index in [4.69, 9.17) is 0 Å². The number of rotatable bonds is 1. The minimum absolute atomic E-state index is 0.857. The molecule has 4 aromatic heterocycles. The Bertz CT molecular complexity index is 1180. The fourth-order valence-electron chi connectivity index (χ4n) is 2.87. The topological polar surface area (TPSA) is 38.7 Å². The van der Waals surface area contributed by atoms with Gasteiger partial charge in [-0.3, -0.25) is 15.0 Å². The second kappa shape index (κ2) is 4.83. The lowest BCUT2D eigenvalue weighted by molar-refractivity contribution is 1.27. The van der Waals surface area contributed by atoms with E-state index in [9.17, 15) is 0 Å². The highest BCUT2D eigenvalue weighted by Crippen LogP contribution is 2.34. The molecule has 23 heavy (non-hydrogen) atoms. The lowest BCUT2D eigenvalue weighted by atomic mass is 10.1. The number of benzene rings is 1. The highest BCUT2D eigenvalue weighted by Gasteiger charge is 2.09. The molecule has 0 radical (unpaired) electrons. The molecule has 5 aromatic rings. The van der Waals surface area contributed by atoms with Gasteiger partial charge < -0.3 is 0 Å². The van der Waals surface area contributed by atoms with Crippen LogP contribution >= 0.6 is 11.3 Å². The molecule has 4 heterocycles. The van der Waals surface area contributed by atoms with E-state index in [1.807, 2.05) is 30.6 Å². The molecule has 4 heteroatoms. The van der Waals surface area contributed by atoms with Crippen molar-refractivity contribution in [2.45, 2.75) is 0 Å². The number of fused-ring (bicyclic) bond motifs is 4. The minimum atomic E-state index is 0.857. The SMILES string of the molecule is c1cnc2cc(-c3cc4sc5ccccc5c4cn3)ncc2c1. The Balaban J connectivity index is 1.73. The van der Waals surface area contributed by atoms with Gasteiger partial charge in [-0.1, -0.05) is 18.2 Å². The van der Waals surface area contributed by atoms with Crippen molar-refractivity contribution in [3.8, 4) is 11.4 Å². The molecule has 0 unspecified atom stereocenters. The summed E-state index contributed by atoms with van der Waals surface area (Å²) in [5, 5.41) is 3.51. The number of thiophene rings is 1. The summed E-state index contributed by atoms with van der Waals surface area (Å²) in [6, 6.07) is 16.5. The first kappa shape index (κ1) is 12.7. The van der Waals surface area contributed by atoms with Crippen LogP contribution in [0.5, 0.6) is 0 Å². The normalized spacial score (nSPS) is 11.5. The highest BCUT2D eigenvalue weighted by atomic mass is 32.1. The molecule has 0 amide bonds. The van der Waals surface area contributed by atoms with E-state index in [0.29, 0.717) is 0 Å². The third kappa shape index (κ3) is 1.99. The van der Waals surface area contributed by atoms with Crippen LogP contribution < -0.4 is 0 Å². The average molecular weight is 313 g/mol. The smallest absolute Gasteiger partial charge is 0.0908 e. The molecule has 0 aliphatic carbocycles. The van der Waals surface area contributed by atoms with Crippen LogP contribution in [-0.2, 0) is 0 Å².